The molecule has 27 heavy (non-hydrogen) atoms. The van der Waals surface area contributed by atoms with E-state index in [0.717, 1.165) is 37.4 Å². The molecule has 142 valence electrons. The van der Waals surface area contributed by atoms with Gasteiger partial charge in [-0.05, 0) is 32.0 Å². The summed E-state index contributed by atoms with van der Waals surface area (Å²) in [5.41, 5.74) is 7.84. The highest BCUT2D eigenvalue weighted by atomic mass is 16.3. The number of amides is 1. The molecule has 1 aliphatic heterocycles. The number of carbonyl (C=O) groups excluding carboxylic acids is 1. The molecule has 0 spiro atoms. The number of anilines is 1. The second kappa shape index (κ2) is 6.83. The van der Waals surface area contributed by atoms with Gasteiger partial charge in [0.15, 0.2) is 11.5 Å². The van der Waals surface area contributed by atoms with Crippen molar-refractivity contribution in [2.45, 2.75) is 30.8 Å². The van der Waals surface area contributed by atoms with Crippen molar-refractivity contribution >= 4 is 22.7 Å². The van der Waals surface area contributed by atoms with E-state index in [9.17, 15) is 4.79 Å². The van der Waals surface area contributed by atoms with Crippen LogP contribution in [0.1, 0.15) is 18.7 Å². The lowest BCUT2D eigenvalue weighted by Gasteiger charge is -2.33. The van der Waals surface area contributed by atoms with Gasteiger partial charge in [0.05, 0.1) is 12.1 Å². The fraction of sp³-hybridized carbons (Fsp3) is 0.526. The van der Waals surface area contributed by atoms with Crippen LogP contribution < -0.4 is 16.0 Å². The van der Waals surface area contributed by atoms with Crippen molar-refractivity contribution in [3.05, 3.63) is 24.1 Å². The van der Waals surface area contributed by atoms with E-state index >= 15 is 0 Å². The number of oxazole rings is 1. The van der Waals surface area contributed by atoms with Crippen LogP contribution in [0.15, 0.2) is 22.6 Å². The monoisotopic (exact) mass is 368 g/mol. The van der Waals surface area contributed by atoms with Crippen molar-refractivity contribution in [2.24, 2.45) is 5.73 Å². The molecule has 1 atom stereocenters. The fourth-order valence-corrected chi connectivity index (χ4v) is 3.31. The van der Waals surface area contributed by atoms with Gasteiger partial charge in [0, 0.05) is 44.4 Å². The maximum Gasteiger partial charge on any atom is 0.238 e. The molecule has 8 nitrogen and oxygen atoms in total. The third-order valence-corrected chi connectivity index (χ3v) is 5.34. The van der Waals surface area contributed by atoms with Crippen molar-refractivity contribution in [1.82, 2.24) is 15.2 Å². The zero-order valence-electron chi connectivity index (χ0n) is 15.4. The molecule has 1 saturated heterocycles. The molecule has 1 unspecified atom stereocenters. The highest BCUT2D eigenvalue weighted by Gasteiger charge is 2.45. The summed E-state index contributed by atoms with van der Waals surface area (Å²) in [5.74, 6) is 0.0967. The lowest BCUT2D eigenvalue weighted by Crippen LogP contribution is -2.47. The Hall–Kier alpha value is -2.63. The lowest BCUT2D eigenvalue weighted by molar-refractivity contribution is -0.123. The molecule has 1 amide bonds. The van der Waals surface area contributed by atoms with Gasteiger partial charge in [0.2, 0.25) is 5.91 Å². The van der Waals surface area contributed by atoms with E-state index in [1.165, 1.54) is 0 Å². The first-order chi connectivity index (χ1) is 13.0. The van der Waals surface area contributed by atoms with Gasteiger partial charge in [-0.2, -0.15) is 5.26 Å². The summed E-state index contributed by atoms with van der Waals surface area (Å²) in [4.78, 5) is 21.3. The Balaban J connectivity index is 1.44. The summed E-state index contributed by atoms with van der Waals surface area (Å²) in [6.07, 6.45) is 1.56. The summed E-state index contributed by atoms with van der Waals surface area (Å²) in [6, 6.07) is 7.33. The van der Waals surface area contributed by atoms with Crippen LogP contribution in [0.5, 0.6) is 0 Å². The number of likely N-dealkylation sites (N-methyl/N-ethyl adjacent to an activating group) is 1. The SMILES string of the molecule is CN1CCN(c2ccc3nc(CC(N)C(=O)NC4(C#N)CC4)oc3c2)CC1. The smallest absolute Gasteiger partial charge is 0.238 e. The highest BCUT2D eigenvalue weighted by Crippen LogP contribution is 2.34. The number of nitrogens with zero attached hydrogens (tertiary/aromatic N) is 4. The predicted molar refractivity (Wildman–Crippen MR) is 101 cm³/mol. The average molecular weight is 368 g/mol. The number of benzene rings is 1. The Kier molecular flexibility index (Phi) is 4.50. The molecule has 4 rings (SSSR count). The molecule has 1 aromatic heterocycles. The van der Waals surface area contributed by atoms with Crippen molar-refractivity contribution in [3.63, 3.8) is 0 Å². The summed E-state index contributed by atoms with van der Waals surface area (Å²) >= 11 is 0. The Labute approximate surface area is 157 Å². The first-order valence-electron chi connectivity index (χ1n) is 9.30. The number of nitriles is 1. The Morgan fingerprint density at radius 1 is 1.41 bits per heavy atom. The normalized spacial score (nSPS) is 20.3. The molecule has 1 aliphatic carbocycles. The van der Waals surface area contributed by atoms with Gasteiger partial charge in [0.1, 0.15) is 11.1 Å². The standard InChI is InChI=1S/C19H24N6O2/c1-24-6-8-25(9-7-24)13-2-3-15-16(10-13)27-17(22-15)11-14(21)18(26)23-19(12-20)4-5-19/h2-3,10,14H,4-9,11,21H2,1H3,(H,23,26). The minimum Gasteiger partial charge on any atom is -0.441 e. The van der Waals surface area contributed by atoms with Gasteiger partial charge in [-0.25, -0.2) is 4.98 Å². The molecule has 8 heteroatoms. The van der Waals surface area contributed by atoms with E-state index in [2.05, 4.69) is 39.3 Å². The largest absolute Gasteiger partial charge is 0.441 e. The Morgan fingerprint density at radius 3 is 2.81 bits per heavy atom. The van der Waals surface area contributed by atoms with Crippen LogP contribution in [0.4, 0.5) is 5.69 Å². The van der Waals surface area contributed by atoms with E-state index in [4.69, 9.17) is 15.4 Å². The molecule has 2 heterocycles. The lowest BCUT2D eigenvalue weighted by atomic mass is 10.2. The molecule has 1 aromatic carbocycles. The number of rotatable bonds is 5. The number of hydrogen-bond donors (Lipinski definition) is 2. The van der Waals surface area contributed by atoms with E-state index in [0.29, 0.717) is 24.3 Å². The number of nitrogens with two attached hydrogens (primary N) is 1. The average Bonchev–Trinajstić information content (AvgIpc) is 3.32. The van der Waals surface area contributed by atoms with Crippen LogP contribution in [0, 0.1) is 11.3 Å². The van der Waals surface area contributed by atoms with Crippen molar-refractivity contribution in [3.8, 4) is 6.07 Å². The third-order valence-electron chi connectivity index (χ3n) is 5.34. The number of aromatic nitrogens is 1. The summed E-state index contributed by atoms with van der Waals surface area (Å²) < 4.78 is 5.84. The van der Waals surface area contributed by atoms with Crippen LogP contribution in [-0.4, -0.2) is 60.6 Å². The molecular weight excluding hydrogens is 344 g/mol. The van der Waals surface area contributed by atoms with Gasteiger partial charge in [-0.3, -0.25) is 4.79 Å². The number of fused-ring (bicyclic) bond motifs is 1. The van der Waals surface area contributed by atoms with Gasteiger partial charge >= 0.3 is 0 Å². The molecule has 2 aromatic rings. The maximum absolute atomic E-state index is 12.2. The minimum absolute atomic E-state index is 0.200. The quantitative estimate of drug-likeness (QED) is 0.796. The zero-order valence-corrected chi connectivity index (χ0v) is 15.4. The van der Waals surface area contributed by atoms with Crippen molar-refractivity contribution in [1.29, 1.82) is 5.26 Å². The number of hydrogen-bond acceptors (Lipinski definition) is 7. The molecular formula is C19H24N6O2. The van der Waals surface area contributed by atoms with Gasteiger partial charge in [-0.15, -0.1) is 0 Å². The second-order valence-corrected chi connectivity index (χ2v) is 7.54. The molecule has 1 saturated carbocycles. The topological polar surface area (TPSA) is 111 Å². The molecule has 2 aliphatic rings. The van der Waals surface area contributed by atoms with Crippen molar-refractivity contribution in [2.75, 3.05) is 38.1 Å². The Morgan fingerprint density at radius 2 is 2.15 bits per heavy atom. The minimum atomic E-state index is -0.791. The highest BCUT2D eigenvalue weighted by molar-refractivity contribution is 5.83. The molecule has 0 bridgehead atoms. The van der Waals surface area contributed by atoms with E-state index in [1.54, 1.807) is 0 Å². The first kappa shape index (κ1) is 17.8. The van der Waals surface area contributed by atoms with Gasteiger partial charge in [0.25, 0.3) is 0 Å². The molecule has 2 fully saturated rings. The Bertz CT molecular complexity index is 889. The first-order valence-corrected chi connectivity index (χ1v) is 9.30. The number of piperazine rings is 1. The van der Waals surface area contributed by atoms with E-state index < -0.39 is 11.6 Å². The van der Waals surface area contributed by atoms with Crippen LogP contribution in [0.2, 0.25) is 0 Å². The van der Waals surface area contributed by atoms with E-state index in [-0.39, 0.29) is 12.3 Å². The second-order valence-electron chi connectivity index (χ2n) is 7.54. The fourth-order valence-electron chi connectivity index (χ4n) is 3.31. The number of carbonyl (C=O) groups is 1. The summed E-state index contributed by atoms with van der Waals surface area (Å²) in [5, 5.41) is 11.8. The summed E-state index contributed by atoms with van der Waals surface area (Å²) in [7, 11) is 2.13. The summed E-state index contributed by atoms with van der Waals surface area (Å²) in [6.45, 7) is 4.03. The molecule has 3 N–H and O–H groups in total. The van der Waals surface area contributed by atoms with Crippen LogP contribution in [0.3, 0.4) is 0 Å². The van der Waals surface area contributed by atoms with Gasteiger partial charge in [-0.1, -0.05) is 0 Å². The molecule has 0 radical (unpaired) electrons. The zero-order chi connectivity index (χ0) is 19.0. The van der Waals surface area contributed by atoms with Crippen LogP contribution >= 0.6 is 0 Å². The number of nitrogens with one attached hydrogen (secondary N) is 1. The van der Waals surface area contributed by atoms with E-state index in [1.807, 2.05) is 12.1 Å². The third kappa shape index (κ3) is 3.75. The van der Waals surface area contributed by atoms with Crippen LogP contribution in [-0.2, 0) is 11.2 Å². The van der Waals surface area contributed by atoms with Crippen LogP contribution in [0.25, 0.3) is 11.1 Å². The van der Waals surface area contributed by atoms with Gasteiger partial charge < -0.3 is 25.3 Å². The maximum atomic E-state index is 12.2. The van der Waals surface area contributed by atoms with Crippen molar-refractivity contribution < 1.29 is 9.21 Å². The predicted octanol–water partition coefficient (Wildman–Crippen LogP) is 0.622.